The molecule has 2 saturated heterocycles. The van der Waals surface area contributed by atoms with E-state index in [0.717, 1.165) is 0 Å². The lowest BCUT2D eigenvalue weighted by molar-refractivity contribution is -0.134. The first-order valence-corrected chi connectivity index (χ1v) is 8.92. The number of rotatable bonds is 2. The van der Waals surface area contributed by atoms with Crippen LogP contribution in [0.4, 0.5) is 14.5 Å². The number of alkyl halides is 2. The molecule has 0 spiro atoms. The van der Waals surface area contributed by atoms with Crippen molar-refractivity contribution >= 4 is 17.5 Å². The van der Waals surface area contributed by atoms with Crippen LogP contribution in [0, 0.1) is 0 Å². The van der Waals surface area contributed by atoms with Gasteiger partial charge < -0.3 is 15.0 Å². The average Bonchev–Trinajstić information content (AvgIpc) is 2.61. The summed E-state index contributed by atoms with van der Waals surface area (Å²) in [6.07, 6.45) is 1.01. The Balaban J connectivity index is 1.69. The highest BCUT2D eigenvalue weighted by atomic mass is 19.3. The summed E-state index contributed by atoms with van der Waals surface area (Å²) in [6, 6.07) is 4.73. The molecule has 0 saturated carbocycles. The fraction of sp³-hybridized carbons (Fsp3) is 0.556. The summed E-state index contributed by atoms with van der Waals surface area (Å²) in [4.78, 5) is 25.6. The number of imide groups is 1. The molecular weight excluding hydrogens is 344 g/mol. The van der Waals surface area contributed by atoms with Gasteiger partial charge >= 0.3 is 0 Å². The Morgan fingerprint density at radius 1 is 1.23 bits per heavy atom. The van der Waals surface area contributed by atoms with E-state index in [4.69, 9.17) is 4.74 Å². The van der Waals surface area contributed by atoms with Crippen LogP contribution in [0.15, 0.2) is 18.2 Å². The monoisotopic (exact) mass is 365 g/mol. The van der Waals surface area contributed by atoms with Crippen LogP contribution in [-0.4, -0.2) is 50.0 Å². The van der Waals surface area contributed by atoms with Gasteiger partial charge in [0.2, 0.25) is 11.8 Å². The van der Waals surface area contributed by atoms with E-state index in [0.29, 0.717) is 49.5 Å². The van der Waals surface area contributed by atoms with Crippen LogP contribution in [0.3, 0.4) is 0 Å². The first kappa shape index (κ1) is 17.2. The van der Waals surface area contributed by atoms with Crippen LogP contribution in [0.2, 0.25) is 0 Å². The smallest absolute Gasteiger partial charge is 0.267 e. The van der Waals surface area contributed by atoms with Crippen molar-refractivity contribution in [3.63, 3.8) is 0 Å². The molecule has 2 amide bonds. The third-order valence-electron chi connectivity index (χ3n) is 5.35. The van der Waals surface area contributed by atoms with Crippen molar-refractivity contribution in [3.8, 4) is 5.75 Å². The Kier molecular flexibility index (Phi) is 4.30. The maximum absolute atomic E-state index is 14.4. The summed E-state index contributed by atoms with van der Waals surface area (Å²) in [7, 11) is 0. The van der Waals surface area contributed by atoms with Gasteiger partial charge in [-0.2, -0.15) is 0 Å². The number of hydrogen-bond donors (Lipinski definition) is 2. The van der Waals surface area contributed by atoms with Crippen molar-refractivity contribution in [2.45, 2.75) is 37.1 Å². The number of nitrogens with zero attached hydrogens (tertiary/aromatic N) is 1. The molecule has 0 aromatic heterocycles. The number of fused-ring (bicyclic) bond motifs is 1. The Morgan fingerprint density at radius 2 is 2.08 bits per heavy atom. The minimum Gasteiger partial charge on any atom is -0.489 e. The predicted octanol–water partition coefficient (Wildman–Crippen LogP) is 1.40. The normalized spacial score (nSPS) is 28.2. The molecule has 1 unspecified atom stereocenters. The van der Waals surface area contributed by atoms with Crippen molar-refractivity contribution < 1.29 is 23.1 Å². The lowest BCUT2D eigenvalue weighted by Gasteiger charge is -2.40. The summed E-state index contributed by atoms with van der Waals surface area (Å²) in [6.45, 7) is 0.975. The minimum atomic E-state index is -2.85. The van der Waals surface area contributed by atoms with E-state index in [1.54, 1.807) is 18.2 Å². The molecule has 3 aliphatic rings. The van der Waals surface area contributed by atoms with Gasteiger partial charge in [0.1, 0.15) is 18.4 Å². The number of para-hydroxylation sites is 1. The standard InChI is InChI=1S/C18H21F2N3O3/c19-18(20)10-21-7-6-12(18)11-2-1-3-13-16(11)26-9-8-23(13)14-4-5-15(24)22-17(14)25/h1-3,12,14,21H,4-10H2,(H,22,24,25)/t12-,14?/m1/s1. The van der Waals surface area contributed by atoms with Crippen molar-refractivity contribution in [3.05, 3.63) is 23.8 Å². The van der Waals surface area contributed by atoms with E-state index in [1.807, 2.05) is 4.90 Å². The van der Waals surface area contributed by atoms with Gasteiger partial charge in [0.15, 0.2) is 0 Å². The molecule has 3 aliphatic heterocycles. The molecular formula is C18H21F2N3O3. The van der Waals surface area contributed by atoms with Gasteiger partial charge in [0.05, 0.1) is 24.7 Å². The number of amides is 2. The van der Waals surface area contributed by atoms with Crippen LogP contribution in [-0.2, 0) is 9.59 Å². The molecule has 1 aromatic carbocycles. The van der Waals surface area contributed by atoms with Gasteiger partial charge in [-0.1, -0.05) is 12.1 Å². The van der Waals surface area contributed by atoms with Crippen LogP contribution >= 0.6 is 0 Å². The molecule has 2 N–H and O–H groups in total. The molecule has 140 valence electrons. The van der Waals surface area contributed by atoms with Crippen LogP contribution < -0.4 is 20.3 Å². The van der Waals surface area contributed by atoms with Crippen molar-refractivity contribution in [2.24, 2.45) is 0 Å². The molecule has 26 heavy (non-hydrogen) atoms. The van der Waals surface area contributed by atoms with E-state index in [2.05, 4.69) is 10.6 Å². The van der Waals surface area contributed by atoms with Gasteiger partial charge in [-0.3, -0.25) is 14.9 Å². The number of carbonyl (C=O) groups is 2. The molecule has 1 aromatic rings. The molecule has 0 radical (unpaired) electrons. The van der Waals surface area contributed by atoms with E-state index in [1.165, 1.54) is 0 Å². The third kappa shape index (κ3) is 2.92. The average molecular weight is 365 g/mol. The number of nitrogens with one attached hydrogen (secondary N) is 2. The zero-order chi connectivity index (χ0) is 18.3. The number of hydrogen-bond acceptors (Lipinski definition) is 5. The molecule has 2 atom stereocenters. The second-order valence-corrected chi connectivity index (χ2v) is 6.98. The van der Waals surface area contributed by atoms with E-state index >= 15 is 0 Å². The molecule has 0 bridgehead atoms. The Labute approximate surface area is 149 Å². The summed E-state index contributed by atoms with van der Waals surface area (Å²) in [5.74, 6) is -3.95. The second kappa shape index (κ2) is 6.50. The quantitative estimate of drug-likeness (QED) is 0.776. The highest BCUT2D eigenvalue weighted by Gasteiger charge is 2.45. The van der Waals surface area contributed by atoms with Gasteiger partial charge in [0.25, 0.3) is 5.92 Å². The van der Waals surface area contributed by atoms with Gasteiger partial charge in [0, 0.05) is 12.0 Å². The molecule has 0 aliphatic carbocycles. The Morgan fingerprint density at radius 3 is 2.85 bits per heavy atom. The number of piperidine rings is 2. The number of halogens is 2. The largest absolute Gasteiger partial charge is 0.489 e. The predicted molar refractivity (Wildman–Crippen MR) is 90.6 cm³/mol. The lowest BCUT2D eigenvalue weighted by atomic mass is 9.85. The van der Waals surface area contributed by atoms with Gasteiger partial charge in [-0.15, -0.1) is 0 Å². The Hall–Kier alpha value is -2.22. The van der Waals surface area contributed by atoms with Crippen molar-refractivity contribution in [1.29, 1.82) is 0 Å². The highest BCUT2D eigenvalue weighted by Crippen LogP contribution is 2.46. The first-order valence-electron chi connectivity index (χ1n) is 8.92. The summed E-state index contributed by atoms with van der Waals surface area (Å²) >= 11 is 0. The number of carbonyl (C=O) groups excluding carboxylic acids is 2. The second-order valence-electron chi connectivity index (χ2n) is 6.98. The zero-order valence-electron chi connectivity index (χ0n) is 14.3. The number of anilines is 1. The third-order valence-corrected chi connectivity index (χ3v) is 5.35. The van der Waals surface area contributed by atoms with Crippen molar-refractivity contribution in [1.82, 2.24) is 10.6 Å². The minimum absolute atomic E-state index is 0.273. The van der Waals surface area contributed by atoms with Gasteiger partial charge in [-0.05, 0) is 25.5 Å². The molecule has 6 nitrogen and oxygen atoms in total. The molecule has 4 rings (SSSR count). The summed E-state index contributed by atoms with van der Waals surface area (Å²) < 4.78 is 34.7. The lowest BCUT2D eigenvalue weighted by Crippen LogP contribution is -2.54. The van der Waals surface area contributed by atoms with E-state index in [9.17, 15) is 18.4 Å². The molecule has 2 fully saturated rings. The molecule has 3 heterocycles. The van der Waals surface area contributed by atoms with Crippen LogP contribution in [0.5, 0.6) is 5.75 Å². The van der Waals surface area contributed by atoms with Gasteiger partial charge in [-0.25, -0.2) is 8.78 Å². The van der Waals surface area contributed by atoms with E-state index in [-0.39, 0.29) is 24.8 Å². The fourth-order valence-electron chi connectivity index (χ4n) is 4.09. The first-order chi connectivity index (χ1) is 12.5. The summed E-state index contributed by atoms with van der Waals surface area (Å²) in [5.41, 5.74) is 1.14. The number of benzene rings is 1. The fourth-order valence-corrected chi connectivity index (χ4v) is 4.09. The summed E-state index contributed by atoms with van der Waals surface area (Å²) in [5, 5.41) is 5.10. The van der Waals surface area contributed by atoms with Crippen LogP contribution in [0.25, 0.3) is 0 Å². The SMILES string of the molecule is O=C1CCC(N2CCOc3c([C@H]4CCNCC4(F)F)cccc32)C(=O)N1. The Bertz CT molecular complexity index is 740. The molecule has 8 heteroatoms. The van der Waals surface area contributed by atoms with Crippen molar-refractivity contribution in [2.75, 3.05) is 31.1 Å². The zero-order valence-corrected chi connectivity index (χ0v) is 14.3. The highest BCUT2D eigenvalue weighted by molar-refractivity contribution is 6.01. The topological polar surface area (TPSA) is 70.7 Å². The maximum Gasteiger partial charge on any atom is 0.267 e. The number of ether oxygens (including phenoxy) is 1. The maximum atomic E-state index is 14.4. The van der Waals surface area contributed by atoms with Crippen LogP contribution in [0.1, 0.15) is 30.7 Å². The van der Waals surface area contributed by atoms with E-state index < -0.39 is 17.9 Å².